The summed E-state index contributed by atoms with van der Waals surface area (Å²) in [4.78, 5) is 13.7. The van der Waals surface area contributed by atoms with Crippen LogP contribution in [0.1, 0.15) is 19.4 Å². The third kappa shape index (κ3) is 4.35. The Kier molecular flexibility index (Phi) is 5.42. The number of benzene rings is 1. The molecule has 0 atom stereocenters. The summed E-state index contributed by atoms with van der Waals surface area (Å²) in [6.07, 6.45) is 0.215. The van der Waals surface area contributed by atoms with Crippen LogP contribution in [0.4, 0.5) is 4.39 Å². The number of halogens is 2. The van der Waals surface area contributed by atoms with Gasteiger partial charge in [0.1, 0.15) is 5.82 Å². The summed E-state index contributed by atoms with van der Waals surface area (Å²) in [6.45, 7) is 4.40. The van der Waals surface area contributed by atoms with Crippen molar-refractivity contribution in [3.05, 3.63) is 35.6 Å². The smallest absolute Gasteiger partial charge is 0.227 e. The van der Waals surface area contributed by atoms with Crippen molar-refractivity contribution in [3.63, 3.8) is 0 Å². The van der Waals surface area contributed by atoms with Crippen LogP contribution in [0.2, 0.25) is 0 Å². The second kappa shape index (κ2) is 6.60. The molecule has 0 unspecified atom stereocenters. The highest BCUT2D eigenvalue weighted by molar-refractivity contribution is 6.18. The molecule has 94 valence electrons. The van der Waals surface area contributed by atoms with Gasteiger partial charge in [0, 0.05) is 18.5 Å². The van der Waals surface area contributed by atoms with E-state index in [0.29, 0.717) is 18.0 Å². The van der Waals surface area contributed by atoms with Gasteiger partial charge in [-0.1, -0.05) is 12.1 Å². The molecule has 0 saturated heterocycles. The maximum absolute atomic E-state index is 13.0. The van der Waals surface area contributed by atoms with E-state index < -0.39 is 0 Å². The van der Waals surface area contributed by atoms with Crippen molar-refractivity contribution in [3.8, 4) is 0 Å². The van der Waals surface area contributed by atoms with E-state index >= 15 is 0 Å². The highest BCUT2D eigenvalue weighted by Gasteiger charge is 2.16. The zero-order chi connectivity index (χ0) is 12.8. The standard InChI is InChI=1S/C13H17ClFNO/c1-10(2)16(7-6-14)13(17)9-11-4-3-5-12(15)8-11/h3-5,8,10H,6-7,9H2,1-2H3. The van der Waals surface area contributed by atoms with E-state index in [1.165, 1.54) is 12.1 Å². The normalized spacial score (nSPS) is 10.6. The second-order valence-corrected chi connectivity index (χ2v) is 4.55. The fraction of sp³-hybridized carbons (Fsp3) is 0.462. The SMILES string of the molecule is CC(C)N(CCCl)C(=O)Cc1cccc(F)c1. The van der Waals surface area contributed by atoms with Crippen LogP contribution in [0.3, 0.4) is 0 Å². The minimum absolute atomic E-state index is 0.0220. The molecule has 0 aliphatic rings. The van der Waals surface area contributed by atoms with Crippen LogP contribution in [0.15, 0.2) is 24.3 Å². The number of carbonyl (C=O) groups excluding carboxylic acids is 1. The lowest BCUT2D eigenvalue weighted by atomic mass is 10.1. The van der Waals surface area contributed by atoms with Gasteiger partial charge in [-0.15, -0.1) is 11.6 Å². The number of amides is 1. The molecule has 4 heteroatoms. The number of alkyl halides is 1. The van der Waals surface area contributed by atoms with Crippen LogP contribution in [-0.2, 0) is 11.2 Å². The molecule has 1 rings (SSSR count). The number of carbonyl (C=O) groups is 1. The van der Waals surface area contributed by atoms with Crippen LogP contribution in [0, 0.1) is 5.82 Å². The van der Waals surface area contributed by atoms with E-state index in [1.54, 1.807) is 17.0 Å². The van der Waals surface area contributed by atoms with E-state index in [1.807, 2.05) is 13.8 Å². The van der Waals surface area contributed by atoms with E-state index in [9.17, 15) is 9.18 Å². The molecule has 0 bridgehead atoms. The summed E-state index contributed by atoms with van der Waals surface area (Å²) in [7, 11) is 0. The van der Waals surface area contributed by atoms with Crippen molar-refractivity contribution < 1.29 is 9.18 Å². The van der Waals surface area contributed by atoms with Crippen LogP contribution in [0.5, 0.6) is 0 Å². The molecule has 0 saturated carbocycles. The largest absolute Gasteiger partial charge is 0.339 e. The number of nitrogens with zero attached hydrogens (tertiary/aromatic N) is 1. The molecule has 2 nitrogen and oxygen atoms in total. The van der Waals surface area contributed by atoms with Crippen molar-refractivity contribution >= 4 is 17.5 Å². The predicted molar refractivity (Wildman–Crippen MR) is 67.7 cm³/mol. The first-order valence-electron chi connectivity index (χ1n) is 5.64. The first-order valence-corrected chi connectivity index (χ1v) is 6.18. The summed E-state index contributed by atoms with van der Waals surface area (Å²) in [5, 5.41) is 0. The predicted octanol–water partition coefficient (Wildman–Crippen LogP) is 2.84. The zero-order valence-corrected chi connectivity index (χ0v) is 10.9. The Bertz CT molecular complexity index is 381. The Morgan fingerprint density at radius 3 is 2.71 bits per heavy atom. The molecule has 1 amide bonds. The lowest BCUT2D eigenvalue weighted by Crippen LogP contribution is -2.39. The monoisotopic (exact) mass is 257 g/mol. The second-order valence-electron chi connectivity index (χ2n) is 4.18. The molecule has 0 fully saturated rings. The maximum atomic E-state index is 13.0. The fourth-order valence-electron chi connectivity index (χ4n) is 1.69. The number of rotatable bonds is 5. The van der Waals surface area contributed by atoms with E-state index in [-0.39, 0.29) is 24.2 Å². The van der Waals surface area contributed by atoms with Gasteiger partial charge in [0.15, 0.2) is 0 Å². The Balaban J connectivity index is 2.69. The topological polar surface area (TPSA) is 20.3 Å². The summed E-state index contributed by atoms with van der Waals surface area (Å²) in [5.41, 5.74) is 0.690. The number of hydrogen-bond donors (Lipinski definition) is 0. The molecule has 1 aromatic carbocycles. The Morgan fingerprint density at radius 2 is 2.18 bits per heavy atom. The van der Waals surface area contributed by atoms with E-state index in [4.69, 9.17) is 11.6 Å². The molecule has 0 aliphatic heterocycles. The van der Waals surface area contributed by atoms with Gasteiger partial charge in [-0.3, -0.25) is 4.79 Å². The molecule has 0 radical (unpaired) electrons. The third-order valence-corrected chi connectivity index (χ3v) is 2.68. The maximum Gasteiger partial charge on any atom is 0.227 e. The molecular formula is C13H17ClFNO. The average molecular weight is 258 g/mol. The van der Waals surface area contributed by atoms with Crippen molar-refractivity contribution in [1.29, 1.82) is 0 Å². The van der Waals surface area contributed by atoms with Gasteiger partial charge in [0.25, 0.3) is 0 Å². The summed E-state index contributed by atoms with van der Waals surface area (Å²) in [6, 6.07) is 6.22. The molecule has 0 heterocycles. The minimum Gasteiger partial charge on any atom is -0.339 e. The first-order chi connectivity index (χ1) is 8.04. The van der Waals surface area contributed by atoms with Crippen molar-refractivity contribution in [2.24, 2.45) is 0 Å². The molecule has 17 heavy (non-hydrogen) atoms. The Hall–Kier alpha value is -1.09. The summed E-state index contributed by atoms with van der Waals surface area (Å²) >= 11 is 5.66. The highest BCUT2D eigenvalue weighted by Crippen LogP contribution is 2.08. The zero-order valence-electron chi connectivity index (χ0n) is 10.1. The van der Waals surface area contributed by atoms with Crippen LogP contribution < -0.4 is 0 Å². The first kappa shape index (κ1) is 14.0. The van der Waals surface area contributed by atoms with E-state index in [2.05, 4.69) is 0 Å². The van der Waals surface area contributed by atoms with Crippen molar-refractivity contribution in [2.45, 2.75) is 26.3 Å². The Labute approximate surface area is 106 Å². The van der Waals surface area contributed by atoms with E-state index in [0.717, 1.165) is 0 Å². The number of hydrogen-bond acceptors (Lipinski definition) is 1. The summed E-state index contributed by atoms with van der Waals surface area (Å²) in [5.74, 6) is 0.0718. The van der Waals surface area contributed by atoms with Gasteiger partial charge < -0.3 is 4.90 Å². The Morgan fingerprint density at radius 1 is 1.47 bits per heavy atom. The van der Waals surface area contributed by atoms with Gasteiger partial charge in [-0.25, -0.2) is 4.39 Å². The fourth-order valence-corrected chi connectivity index (χ4v) is 1.87. The minimum atomic E-state index is -0.316. The molecule has 0 aliphatic carbocycles. The third-order valence-electron chi connectivity index (χ3n) is 2.51. The molecule has 0 aromatic heterocycles. The van der Waals surface area contributed by atoms with Gasteiger partial charge in [-0.05, 0) is 31.5 Å². The molecule has 1 aromatic rings. The molecule has 0 spiro atoms. The van der Waals surface area contributed by atoms with Crippen LogP contribution in [-0.4, -0.2) is 29.3 Å². The average Bonchev–Trinajstić information content (AvgIpc) is 2.25. The van der Waals surface area contributed by atoms with Gasteiger partial charge in [0.05, 0.1) is 6.42 Å². The van der Waals surface area contributed by atoms with Crippen molar-refractivity contribution in [1.82, 2.24) is 4.90 Å². The quantitative estimate of drug-likeness (QED) is 0.743. The van der Waals surface area contributed by atoms with Gasteiger partial charge >= 0.3 is 0 Å². The highest BCUT2D eigenvalue weighted by atomic mass is 35.5. The van der Waals surface area contributed by atoms with Crippen LogP contribution in [0.25, 0.3) is 0 Å². The molecular weight excluding hydrogens is 241 g/mol. The molecule has 0 N–H and O–H groups in total. The lowest BCUT2D eigenvalue weighted by molar-refractivity contribution is -0.131. The lowest BCUT2D eigenvalue weighted by Gasteiger charge is -2.26. The van der Waals surface area contributed by atoms with Gasteiger partial charge in [0.2, 0.25) is 5.91 Å². The van der Waals surface area contributed by atoms with Gasteiger partial charge in [-0.2, -0.15) is 0 Å². The van der Waals surface area contributed by atoms with Crippen molar-refractivity contribution in [2.75, 3.05) is 12.4 Å². The van der Waals surface area contributed by atoms with Crippen LogP contribution >= 0.6 is 11.6 Å². The summed E-state index contributed by atoms with van der Waals surface area (Å²) < 4.78 is 13.0.